The number of hydrogen-bond donors (Lipinski definition) is 2. The van der Waals surface area contributed by atoms with Crippen molar-refractivity contribution >= 4 is 40.0 Å². The van der Waals surface area contributed by atoms with Crippen molar-refractivity contribution in [3.63, 3.8) is 0 Å². The summed E-state index contributed by atoms with van der Waals surface area (Å²) in [5.74, 6) is -0.155. The van der Waals surface area contributed by atoms with Gasteiger partial charge in [-0.15, -0.1) is 11.3 Å². The Morgan fingerprint density at radius 1 is 0.968 bits per heavy atom. The van der Waals surface area contributed by atoms with Gasteiger partial charge in [-0.25, -0.2) is 4.39 Å². The fraction of sp³-hybridized carbons (Fsp3) is 0.292. The zero-order valence-electron chi connectivity index (χ0n) is 17.5. The summed E-state index contributed by atoms with van der Waals surface area (Å²) < 4.78 is 14.2. The Bertz CT molecular complexity index is 972. The number of nitrogens with one attached hydrogen (secondary N) is 2. The molecular weight excluding hydrogens is 427 g/mol. The molecule has 2 aromatic carbocycles. The van der Waals surface area contributed by atoms with Crippen LogP contribution in [0.2, 0.25) is 0 Å². The van der Waals surface area contributed by atoms with Crippen LogP contribution in [0.15, 0.2) is 72.1 Å². The van der Waals surface area contributed by atoms with Gasteiger partial charge in [0.05, 0.1) is 11.7 Å². The van der Waals surface area contributed by atoms with E-state index in [0.29, 0.717) is 10.8 Å². The van der Waals surface area contributed by atoms with E-state index in [2.05, 4.69) is 44.9 Å². The van der Waals surface area contributed by atoms with Crippen molar-refractivity contribution in [3.8, 4) is 0 Å². The van der Waals surface area contributed by atoms with E-state index in [4.69, 9.17) is 12.2 Å². The zero-order valence-corrected chi connectivity index (χ0v) is 19.1. The second kappa shape index (κ2) is 10.2. The Kier molecular flexibility index (Phi) is 7.17. The average molecular weight is 455 g/mol. The van der Waals surface area contributed by atoms with Crippen molar-refractivity contribution in [2.75, 3.05) is 36.4 Å². The highest BCUT2D eigenvalue weighted by molar-refractivity contribution is 7.80. The molecule has 1 saturated heterocycles. The third-order valence-corrected chi connectivity index (χ3v) is 6.76. The number of halogens is 1. The molecule has 2 unspecified atom stereocenters. The van der Waals surface area contributed by atoms with E-state index < -0.39 is 0 Å². The number of anilines is 2. The molecule has 1 fully saturated rings. The molecule has 2 N–H and O–H groups in total. The van der Waals surface area contributed by atoms with Crippen molar-refractivity contribution < 1.29 is 4.39 Å². The highest BCUT2D eigenvalue weighted by Crippen LogP contribution is 2.30. The molecule has 4 nitrogen and oxygen atoms in total. The highest BCUT2D eigenvalue weighted by atomic mass is 32.1. The summed E-state index contributed by atoms with van der Waals surface area (Å²) in [6, 6.07) is 21.6. The predicted octanol–water partition coefficient (Wildman–Crippen LogP) is 5.13. The lowest BCUT2D eigenvalue weighted by Gasteiger charge is -2.42. The van der Waals surface area contributed by atoms with Crippen LogP contribution >= 0.6 is 23.6 Å². The summed E-state index contributed by atoms with van der Waals surface area (Å²) in [5, 5.41) is 9.48. The first kappa shape index (κ1) is 21.7. The standard InChI is InChI=1S/C24H27FN4S2/c1-18(26-24(30)27-19-8-3-2-4-9-19)23(22-12-7-17-31-22)29-15-13-28(14-16-29)21-11-6-5-10-20(21)25/h2-12,17-18,23H,13-16H2,1H3,(H2,26,27,30). The summed E-state index contributed by atoms with van der Waals surface area (Å²) in [5.41, 5.74) is 1.66. The van der Waals surface area contributed by atoms with Crippen LogP contribution in [0.25, 0.3) is 0 Å². The molecule has 1 aromatic heterocycles. The molecule has 0 spiro atoms. The number of hydrogen-bond acceptors (Lipinski definition) is 4. The van der Waals surface area contributed by atoms with Gasteiger partial charge in [-0.05, 0) is 54.9 Å². The number of benzene rings is 2. The van der Waals surface area contributed by atoms with E-state index in [1.807, 2.05) is 42.5 Å². The van der Waals surface area contributed by atoms with Gasteiger partial charge in [-0.3, -0.25) is 4.90 Å². The Labute approximate surface area is 192 Å². The number of rotatable bonds is 6. The molecule has 0 radical (unpaired) electrons. The van der Waals surface area contributed by atoms with Crippen LogP contribution < -0.4 is 15.5 Å². The van der Waals surface area contributed by atoms with Crippen molar-refractivity contribution in [2.24, 2.45) is 0 Å². The molecule has 1 aliphatic rings. The lowest BCUT2D eigenvalue weighted by atomic mass is 10.0. The molecule has 7 heteroatoms. The molecule has 0 saturated carbocycles. The van der Waals surface area contributed by atoms with Gasteiger partial charge in [-0.1, -0.05) is 36.4 Å². The van der Waals surface area contributed by atoms with Gasteiger partial charge in [0, 0.05) is 42.8 Å². The summed E-state index contributed by atoms with van der Waals surface area (Å²) in [4.78, 5) is 5.92. The van der Waals surface area contributed by atoms with Crippen LogP contribution in [0.3, 0.4) is 0 Å². The molecule has 0 aliphatic carbocycles. The predicted molar refractivity (Wildman–Crippen MR) is 133 cm³/mol. The molecule has 0 bridgehead atoms. The maximum atomic E-state index is 14.2. The average Bonchev–Trinajstić information content (AvgIpc) is 3.30. The van der Waals surface area contributed by atoms with E-state index in [1.54, 1.807) is 17.4 Å². The van der Waals surface area contributed by atoms with E-state index >= 15 is 0 Å². The molecule has 0 amide bonds. The molecular formula is C24H27FN4S2. The Balaban J connectivity index is 1.42. The summed E-state index contributed by atoms with van der Waals surface area (Å²) >= 11 is 7.34. The fourth-order valence-electron chi connectivity index (χ4n) is 4.13. The lowest BCUT2D eigenvalue weighted by Crippen LogP contribution is -2.52. The van der Waals surface area contributed by atoms with Crippen LogP contribution in [0.4, 0.5) is 15.8 Å². The first-order valence-corrected chi connectivity index (χ1v) is 11.8. The van der Waals surface area contributed by atoms with Crippen LogP contribution in [0.5, 0.6) is 0 Å². The zero-order chi connectivity index (χ0) is 21.6. The Hall–Kier alpha value is -2.48. The number of nitrogens with zero attached hydrogens (tertiary/aromatic N) is 2. The van der Waals surface area contributed by atoms with Gasteiger partial charge in [0.2, 0.25) is 0 Å². The molecule has 162 valence electrons. The minimum absolute atomic E-state index is 0.113. The van der Waals surface area contributed by atoms with Gasteiger partial charge in [0.15, 0.2) is 5.11 Å². The van der Waals surface area contributed by atoms with E-state index in [9.17, 15) is 4.39 Å². The highest BCUT2D eigenvalue weighted by Gasteiger charge is 2.31. The minimum Gasteiger partial charge on any atom is -0.367 e. The Morgan fingerprint density at radius 2 is 1.68 bits per heavy atom. The fourth-order valence-corrected chi connectivity index (χ4v) is 5.39. The summed E-state index contributed by atoms with van der Waals surface area (Å²) in [7, 11) is 0. The second-order valence-electron chi connectivity index (χ2n) is 7.69. The van der Waals surface area contributed by atoms with Gasteiger partial charge >= 0.3 is 0 Å². The van der Waals surface area contributed by atoms with Crippen LogP contribution in [-0.2, 0) is 0 Å². The number of piperazine rings is 1. The number of thiocarbonyl (C=S) groups is 1. The van der Waals surface area contributed by atoms with Gasteiger partial charge in [0.25, 0.3) is 0 Å². The number of para-hydroxylation sites is 2. The lowest BCUT2D eigenvalue weighted by molar-refractivity contribution is 0.163. The normalized spacial score (nSPS) is 16.5. The molecule has 1 aliphatic heterocycles. The van der Waals surface area contributed by atoms with Crippen molar-refractivity contribution in [2.45, 2.75) is 19.0 Å². The summed E-state index contributed by atoms with van der Waals surface area (Å²) in [6.07, 6.45) is 0. The van der Waals surface area contributed by atoms with Gasteiger partial charge in [-0.2, -0.15) is 0 Å². The first-order valence-electron chi connectivity index (χ1n) is 10.5. The van der Waals surface area contributed by atoms with Crippen LogP contribution in [-0.4, -0.2) is 42.2 Å². The minimum atomic E-state index is -0.155. The van der Waals surface area contributed by atoms with E-state index in [-0.39, 0.29) is 17.9 Å². The van der Waals surface area contributed by atoms with Gasteiger partial charge < -0.3 is 15.5 Å². The maximum absolute atomic E-state index is 14.2. The van der Waals surface area contributed by atoms with Gasteiger partial charge in [0.1, 0.15) is 5.82 Å². The summed E-state index contributed by atoms with van der Waals surface area (Å²) in [6.45, 7) is 5.49. The quantitative estimate of drug-likeness (QED) is 0.505. The first-order chi connectivity index (χ1) is 15.1. The third-order valence-electron chi connectivity index (χ3n) is 5.60. The molecule has 2 atom stereocenters. The van der Waals surface area contributed by atoms with Crippen LogP contribution in [0, 0.1) is 5.82 Å². The van der Waals surface area contributed by atoms with Crippen molar-refractivity contribution in [1.82, 2.24) is 10.2 Å². The van der Waals surface area contributed by atoms with Crippen molar-refractivity contribution in [3.05, 3.63) is 82.8 Å². The smallest absolute Gasteiger partial charge is 0.171 e. The van der Waals surface area contributed by atoms with Crippen LogP contribution in [0.1, 0.15) is 17.8 Å². The SMILES string of the molecule is CC(NC(=S)Nc1ccccc1)C(c1cccs1)N1CCN(c2ccccc2F)CC1. The monoisotopic (exact) mass is 454 g/mol. The third kappa shape index (κ3) is 5.42. The largest absolute Gasteiger partial charge is 0.367 e. The molecule has 2 heterocycles. The number of thiophene rings is 1. The second-order valence-corrected chi connectivity index (χ2v) is 9.08. The molecule has 31 heavy (non-hydrogen) atoms. The Morgan fingerprint density at radius 3 is 2.35 bits per heavy atom. The molecule has 3 aromatic rings. The van der Waals surface area contributed by atoms with E-state index in [0.717, 1.165) is 31.9 Å². The van der Waals surface area contributed by atoms with Crippen molar-refractivity contribution in [1.29, 1.82) is 0 Å². The topological polar surface area (TPSA) is 30.5 Å². The molecule has 4 rings (SSSR count). The van der Waals surface area contributed by atoms with E-state index in [1.165, 1.54) is 10.9 Å². The maximum Gasteiger partial charge on any atom is 0.171 e.